The number of nitrogens with one attached hydrogen (secondary N) is 1. The molecule has 0 unspecified atom stereocenters. The average Bonchev–Trinajstić information content (AvgIpc) is 3.24. The molecular weight excluding hydrogens is 391 g/mol. The molecule has 4 nitrogen and oxygen atoms in total. The lowest BCUT2D eigenvalue weighted by Gasteiger charge is -2.28. The minimum atomic E-state index is -0.734. The zero-order valence-electron chi connectivity index (χ0n) is 17.5. The van der Waals surface area contributed by atoms with E-state index in [1.165, 1.54) is 18.2 Å². The molecule has 3 aromatic carbocycles. The predicted molar refractivity (Wildman–Crippen MR) is 119 cm³/mol. The standard InChI is InChI=1S/C26H25FN2O2/c1-28-25(31)26(14-15-29(18-26)24(30)20-11-7-12-22(27)16-20)17-21-10-5-6-13-23(21)19-8-3-2-4-9-19/h2-13,16H,14-15,17-18H2,1H3,(H,28,31)/t26-/m1/s1. The molecule has 0 bridgehead atoms. The molecule has 0 saturated carbocycles. The fourth-order valence-corrected chi connectivity index (χ4v) is 4.46. The lowest BCUT2D eigenvalue weighted by atomic mass is 9.78. The average molecular weight is 416 g/mol. The van der Waals surface area contributed by atoms with Gasteiger partial charge in [-0.05, 0) is 47.7 Å². The highest BCUT2D eigenvalue weighted by Gasteiger charge is 2.46. The molecule has 1 aliphatic rings. The number of amides is 2. The van der Waals surface area contributed by atoms with Crippen molar-refractivity contribution in [1.82, 2.24) is 10.2 Å². The van der Waals surface area contributed by atoms with Crippen molar-refractivity contribution in [2.45, 2.75) is 12.8 Å². The third-order valence-electron chi connectivity index (χ3n) is 6.05. The normalized spacial score (nSPS) is 18.1. The summed E-state index contributed by atoms with van der Waals surface area (Å²) in [6, 6.07) is 23.9. The van der Waals surface area contributed by atoms with Gasteiger partial charge in [0.25, 0.3) is 5.91 Å². The van der Waals surface area contributed by atoms with Gasteiger partial charge in [-0.2, -0.15) is 0 Å². The summed E-state index contributed by atoms with van der Waals surface area (Å²) in [7, 11) is 1.63. The van der Waals surface area contributed by atoms with Gasteiger partial charge in [0.05, 0.1) is 5.41 Å². The molecule has 5 heteroatoms. The molecule has 1 fully saturated rings. The first-order chi connectivity index (χ1) is 15.0. The van der Waals surface area contributed by atoms with Crippen LogP contribution in [0.25, 0.3) is 11.1 Å². The minimum absolute atomic E-state index is 0.0788. The van der Waals surface area contributed by atoms with Gasteiger partial charge in [-0.15, -0.1) is 0 Å². The van der Waals surface area contributed by atoms with Gasteiger partial charge in [-0.3, -0.25) is 9.59 Å². The Bertz CT molecular complexity index is 1100. The van der Waals surface area contributed by atoms with Gasteiger partial charge in [-0.1, -0.05) is 60.7 Å². The lowest BCUT2D eigenvalue weighted by molar-refractivity contribution is -0.129. The van der Waals surface area contributed by atoms with Crippen LogP contribution in [-0.4, -0.2) is 36.9 Å². The van der Waals surface area contributed by atoms with E-state index in [1.807, 2.05) is 36.4 Å². The summed E-state index contributed by atoms with van der Waals surface area (Å²) in [5, 5.41) is 2.80. The van der Waals surface area contributed by atoms with Crippen LogP contribution in [0.15, 0.2) is 78.9 Å². The SMILES string of the molecule is CNC(=O)[C@@]1(Cc2ccccc2-c2ccccc2)CCN(C(=O)c2cccc(F)c2)C1. The molecule has 158 valence electrons. The van der Waals surface area contributed by atoms with E-state index < -0.39 is 11.2 Å². The van der Waals surface area contributed by atoms with E-state index in [1.54, 1.807) is 18.0 Å². The van der Waals surface area contributed by atoms with Crippen LogP contribution in [0, 0.1) is 11.2 Å². The van der Waals surface area contributed by atoms with Gasteiger partial charge in [0.1, 0.15) is 5.82 Å². The maximum atomic E-state index is 13.6. The summed E-state index contributed by atoms with van der Waals surface area (Å²) in [6.45, 7) is 0.751. The van der Waals surface area contributed by atoms with E-state index in [9.17, 15) is 14.0 Å². The fourth-order valence-electron chi connectivity index (χ4n) is 4.46. The van der Waals surface area contributed by atoms with Crippen LogP contribution in [0.5, 0.6) is 0 Å². The number of carbonyl (C=O) groups excluding carboxylic acids is 2. The van der Waals surface area contributed by atoms with E-state index in [2.05, 4.69) is 23.5 Å². The van der Waals surface area contributed by atoms with Crippen LogP contribution in [0.4, 0.5) is 4.39 Å². The largest absolute Gasteiger partial charge is 0.359 e. The number of hydrogen-bond donors (Lipinski definition) is 1. The van der Waals surface area contributed by atoms with Gasteiger partial charge in [0.15, 0.2) is 0 Å². The summed E-state index contributed by atoms with van der Waals surface area (Å²) in [6.07, 6.45) is 1.07. The summed E-state index contributed by atoms with van der Waals surface area (Å²) in [5.74, 6) is -0.772. The van der Waals surface area contributed by atoms with Crippen molar-refractivity contribution in [2.75, 3.05) is 20.1 Å². The minimum Gasteiger partial charge on any atom is -0.359 e. The molecule has 3 aromatic rings. The second kappa shape index (κ2) is 8.72. The Labute approximate surface area is 181 Å². The highest BCUT2D eigenvalue weighted by atomic mass is 19.1. The number of benzene rings is 3. The van der Waals surface area contributed by atoms with Crippen molar-refractivity contribution in [1.29, 1.82) is 0 Å². The summed E-state index contributed by atoms with van der Waals surface area (Å²) < 4.78 is 13.6. The molecular formula is C26H25FN2O2. The Morgan fingerprint density at radius 1 is 1.00 bits per heavy atom. The zero-order chi connectivity index (χ0) is 21.8. The van der Waals surface area contributed by atoms with Crippen molar-refractivity contribution < 1.29 is 14.0 Å². The molecule has 2 amide bonds. The molecule has 1 atom stereocenters. The maximum absolute atomic E-state index is 13.6. The summed E-state index contributed by atoms with van der Waals surface area (Å²) in [4.78, 5) is 27.7. The second-order valence-corrected chi connectivity index (χ2v) is 8.05. The molecule has 1 heterocycles. The Morgan fingerprint density at radius 2 is 1.74 bits per heavy atom. The van der Waals surface area contributed by atoms with E-state index in [0.717, 1.165) is 16.7 Å². The van der Waals surface area contributed by atoms with Crippen molar-refractivity contribution in [2.24, 2.45) is 5.41 Å². The molecule has 0 aromatic heterocycles. The molecule has 0 aliphatic carbocycles. The molecule has 0 radical (unpaired) electrons. The molecule has 1 saturated heterocycles. The van der Waals surface area contributed by atoms with Gasteiger partial charge < -0.3 is 10.2 Å². The first-order valence-electron chi connectivity index (χ1n) is 10.4. The molecule has 0 spiro atoms. The van der Waals surface area contributed by atoms with E-state index in [0.29, 0.717) is 31.5 Å². The molecule has 1 aliphatic heterocycles. The van der Waals surface area contributed by atoms with E-state index in [-0.39, 0.29) is 11.8 Å². The van der Waals surface area contributed by atoms with E-state index >= 15 is 0 Å². The molecule has 1 N–H and O–H groups in total. The topological polar surface area (TPSA) is 49.4 Å². The number of halogens is 1. The van der Waals surface area contributed by atoms with Crippen molar-refractivity contribution in [3.05, 3.63) is 95.8 Å². The van der Waals surface area contributed by atoms with Crippen LogP contribution in [0.2, 0.25) is 0 Å². The van der Waals surface area contributed by atoms with Crippen LogP contribution in [0.1, 0.15) is 22.3 Å². The highest BCUT2D eigenvalue weighted by Crippen LogP contribution is 2.38. The van der Waals surface area contributed by atoms with Gasteiger partial charge in [0.2, 0.25) is 5.91 Å². The zero-order valence-corrected chi connectivity index (χ0v) is 17.5. The van der Waals surface area contributed by atoms with Crippen molar-refractivity contribution in [3.63, 3.8) is 0 Å². The first kappa shape index (κ1) is 20.8. The predicted octanol–water partition coefficient (Wildman–Crippen LogP) is 4.31. The highest BCUT2D eigenvalue weighted by molar-refractivity contribution is 5.95. The van der Waals surface area contributed by atoms with Crippen LogP contribution in [-0.2, 0) is 11.2 Å². The number of likely N-dealkylation sites (tertiary alicyclic amines) is 1. The monoisotopic (exact) mass is 416 g/mol. The maximum Gasteiger partial charge on any atom is 0.253 e. The fraction of sp³-hybridized carbons (Fsp3) is 0.231. The second-order valence-electron chi connectivity index (χ2n) is 8.05. The Hall–Kier alpha value is -3.47. The van der Waals surface area contributed by atoms with Gasteiger partial charge in [0, 0.05) is 25.7 Å². The Kier molecular flexibility index (Phi) is 5.85. The number of rotatable bonds is 5. The van der Waals surface area contributed by atoms with Crippen molar-refractivity contribution in [3.8, 4) is 11.1 Å². The third-order valence-corrected chi connectivity index (χ3v) is 6.05. The Balaban J connectivity index is 1.64. The number of nitrogens with zero attached hydrogens (tertiary/aromatic N) is 1. The number of hydrogen-bond acceptors (Lipinski definition) is 2. The van der Waals surface area contributed by atoms with E-state index in [4.69, 9.17) is 0 Å². The Morgan fingerprint density at radius 3 is 2.48 bits per heavy atom. The quantitative estimate of drug-likeness (QED) is 0.674. The molecule has 4 rings (SSSR count). The first-order valence-corrected chi connectivity index (χ1v) is 10.4. The van der Waals surface area contributed by atoms with Crippen LogP contribution in [0.3, 0.4) is 0 Å². The van der Waals surface area contributed by atoms with Crippen LogP contribution >= 0.6 is 0 Å². The third kappa shape index (κ3) is 4.22. The molecule has 31 heavy (non-hydrogen) atoms. The van der Waals surface area contributed by atoms with Gasteiger partial charge >= 0.3 is 0 Å². The summed E-state index contributed by atoms with van der Waals surface area (Å²) in [5.41, 5.74) is 2.81. The smallest absolute Gasteiger partial charge is 0.253 e. The lowest BCUT2D eigenvalue weighted by Crippen LogP contribution is -2.44. The van der Waals surface area contributed by atoms with Crippen molar-refractivity contribution >= 4 is 11.8 Å². The van der Waals surface area contributed by atoms with Crippen LogP contribution < -0.4 is 5.32 Å². The summed E-state index contributed by atoms with van der Waals surface area (Å²) >= 11 is 0. The number of carbonyl (C=O) groups is 2. The van der Waals surface area contributed by atoms with Gasteiger partial charge in [-0.25, -0.2) is 4.39 Å².